The van der Waals surface area contributed by atoms with E-state index in [-0.39, 0.29) is 17.9 Å². The van der Waals surface area contributed by atoms with Crippen molar-refractivity contribution in [3.05, 3.63) is 23.8 Å². The van der Waals surface area contributed by atoms with Gasteiger partial charge in [0.1, 0.15) is 0 Å². The number of aliphatic hydroxyl groups excluding tert-OH is 2. The van der Waals surface area contributed by atoms with Gasteiger partial charge < -0.3 is 15.1 Å². The molecule has 0 bridgehead atoms. The number of hydrogen-bond acceptors (Lipinski definition) is 3. The average Bonchev–Trinajstić information content (AvgIpc) is 3.26. The molecule has 2 N–H and O–H groups in total. The quantitative estimate of drug-likeness (QED) is 0.228. The van der Waals surface area contributed by atoms with E-state index in [2.05, 4.69) is 42.7 Å². The Bertz CT molecular complexity index is 623. The van der Waals surface area contributed by atoms with Crippen LogP contribution in [0.25, 0.3) is 0 Å². The molecule has 0 aromatic carbocycles. The van der Waals surface area contributed by atoms with Crippen LogP contribution in [0.4, 0.5) is 0 Å². The molecule has 0 aliphatic heterocycles. The number of rotatable bonds is 13. The fourth-order valence-electron chi connectivity index (χ4n) is 5.51. The van der Waals surface area contributed by atoms with Crippen molar-refractivity contribution in [2.45, 2.75) is 97.7 Å². The Morgan fingerprint density at radius 1 is 1.13 bits per heavy atom. The number of hydrogen-bond donors (Lipinski definition) is 2. The SMILES string of the molecule is CC#CC[C@H](C)[C@H](O)/C=C/[C@@H]1[C@H]2C/C(=C/CCCCN(CCC)CCC)C[C@H]2C[C@H]1O. The van der Waals surface area contributed by atoms with Gasteiger partial charge >= 0.3 is 0 Å². The summed E-state index contributed by atoms with van der Waals surface area (Å²) in [6.45, 7) is 12.1. The Labute approximate surface area is 192 Å². The summed E-state index contributed by atoms with van der Waals surface area (Å²) in [4.78, 5) is 2.61. The lowest BCUT2D eigenvalue weighted by Crippen LogP contribution is -2.26. The molecule has 2 saturated carbocycles. The van der Waals surface area contributed by atoms with E-state index >= 15 is 0 Å². The second-order valence-electron chi connectivity index (χ2n) is 9.90. The van der Waals surface area contributed by atoms with E-state index in [9.17, 15) is 10.2 Å². The van der Waals surface area contributed by atoms with E-state index in [1.54, 1.807) is 5.57 Å². The van der Waals surface area contributed by atoms with Crippen LogP contribution >= 0.6 is 0 Å². The van der Waals surface area contributed by atoms with Gasteiger partial charge in [-0.3, -0.25) is 0 Å². The fourth-order valence-corrected chi connectivity index (χ4v) is 5.51. The molecule has 0 unspecified atom stereocenters. The number of allylic oxidation sites excluding steroid dienone is 2. The van der Waals surface area contributed by atoms with Gasteiger partial charge in [0.25, 0.3) is 0 Å². The molecule has 0 amide bonds. The molecule has 31 heavy (non-hydrogen) atoms. The molecule has 6 atom stereocenters. The lowest BCUT2D eigenvalue weighted by molar-refractivity contribution is 0.137. The van der Waals surface area contributed by atoms with Gasteiger partial charge in [-0.1, -0.05) is 44.6 Å². The Kier molecular flexibility index (Phi) is 11.9. The van der Waals surface area contributed by atoms with Crippen LogP contribution in [-0.4, -0.2) is 47.0 Å². The maximum atomic E-state index is 10.6. The molecular weight excluding hydrogens is 382 g/mol. The molecule has 3 nitrogen and oxygen atoms in total. The molecular formula is C28H47NO2. The van der Waals surface area contributed by atoms with Crippen LogP contribution < -0.4 is 0 Å². The van der Waals surface area contributed by atoms with Crippen LogP contribution in [0.3, 0.4) is 0 Å². The molecule has 0 spiro atoms. The lowest BCUT2D eigenvalue weighted by Gasteiger charge is -2.20. The van der Waals surface area contributed by atoms with Crippen LogP contribution in [0.1, 0.15) is 85.5 Å². The van der Waals surface area contributed by atoms with Gasteiger partial charge in [0.15, 0.2) is 0 Å². The highest BCUT2D eigenvalue weighted by molar-refractivity contribution is 5.18. The summed E-state index contributed by atoms with van der Waals surface area (Å²) < 4.78 is 0. The van der Waals surface area contributed by atoms with Crippen molar-refractivity contribution in [2.75, 3.05) is 19.6 Å². The predicted molar refractivity (Wildman–Crippen MR) is 132 cm³/mol. The second-order valence-corrected chi connectivity index (χ2v) is 9.90. The molecule has 0 heterocycles. The zero-order valence-corrected chi connectivity index (χ0v) is 20.5. The van der Waals surface area contributed by atoms with Crippen molar-refractivity contribution in [3.8, 4) is 11.8 Å². The highest BCUT2D eigenvalue weighted by Gasteiger charge is 2.44. The van der Waals surface area contributed by atoms with E-state index in [1.807, 2.05) is 19.9 Å². The summed E-state index contributed by atoms with van der Waals surface area (Å²) in [5, 5.41) is 21.0. The first-order chi connectivity index (χ1) is 15.0. The zero-order valence-electron chi connectivity index (χ0n) is 20.5. The highest BCUT2D eigenvalue weighted by Crippen LogP contribution is 2.50. The second kappa shape index (κ2) is 14.1. The summed E-state index contributed by atoms with van der Waals surface area (Å²) in [6.07, 6.45) is 15.9. The summed E-state index contributed by atoms with van der Waals surface area (Å²) in [7, 11) is 0. The lowest BCUT2D eigenvalue weighted by atomic mass is 9.89. The Morgan fingerprint density at radius 3 is 2.55 bits per heavy atom. The molecule has 2 fully saturated rings. The minimum atomic E-state index is -0.483. The Balaban J connectivity index is 1.78. The van der Waals surface area contributed by atoms with E-state index in [0.29, 0.717) is 18.3 Å². The fraction of sp³-hybridized carbons (Fsp3) is 0.786. The van der Waals surface area contributed by atoms with Crippen LogP contribution in [0.5, 0.6) is 0 Å². The summed E-state index contributed by atoms with van der Waals surface area (Å²) in [6, 6.07) is 0. The van der Waals surface area contributed by atoms with Crippen molar-refractivity contribution in [1.82, 2.24) is 4.90 Å². The Hall–Kier alpha value is -1.08. The normalized spacial score (nSPS) is 28.8. The van der Waals surface area contributed by atoms with Gasteiger partial charge in [-0.25, -0.2) is 0 Å². The smallest absolute Gasteiger partial charge is 0.0755 e. The maximum absolute atomic E-state index is 10.6. The highest BCUT2D eigenvalue weighted by atomic mass is 16.3. The molecule has 2 rings (SSSR count). The van der Waals surface area contributed by atoms with E-state index in [1.165, 1.54) is 51.7 Å². The molecule has 2 aliphatic rings. The van der Waals surface area contributed by atoms with Gasteiger partial charge in [-0.15, -0.1) is 11.8 Å². The van der Waals surface area contributed by atoms with Crippen LogP contribution in [0, 0.1) is 35.5 Å². The van der Waals surface area contributed by atoms with Crippen molar-refractivity contribution in [3.63, 3.8) is 0 Å². The van der Waals surface area contributed by atoms with E-state index in [0.717, 1.165) is 19.3 Å². The van der Waals surface area contributed by atoms with E-state index in [4.69, 9.17) is 0 Å². The minimum Gasteiger partial charge on any atom is -0.392 e. The Morgan fingerprint density at radius 2 is 1.87 bits per heavy atom. The van der Waals surface area contributed by atoms with Gasteiger partial charge in [-0.2, -0.15) is 0 Å². The van der Waals surface area contributed by atoms with Crippen LogP contribution in [-0.2, 0) is 0 Å². The van der Waals surface area contributed by atoms with Gasteiger partial charge in [0.2, 0.25) is 0 Å². The van der Waals surface area contributed by atoms with Crippen molar-refractivity contribution in [1.29, 1.82) is 0 Å². The number of aliphatic hydroxyl groups is 2. The number of nitrogens with zero attached hydrogens (tertiary/aromatic N) is 1. The average molecular weight is 430 g/mol. The summed E-state index contributed by atoms with van der Waals surface area (Å²) >= 11 is 0. The van der Waals surface area contributed by atoms with Crippen molar-refractivity contribution < 1.29 is 10.2 Å². The summed E-state index contributed by atoms with van der Waals surface area (Å²) in [5.41, 5.74) is 1.60. The third-order valence-corrected chi connectivity index (χ3v) is 7.27. The van der Waals surface area contributed by atoms with Gasteiger partial charge in [-0.05, 0) is 95.7 Å². The predicted octanol–water partition coefficient (Wildman–Crippen LogP) is 5.58. The maximum Gasteiger partial charge on any atom is 0.0755 e. The molecule has 0 aromatic heterocycles. The largest absolute Gasteiger partial charge is 0.392 e. The zero-order chi connectivity index (χ0) is 22.6. The molecule has 176 valence electrons. The van der Waals surface area contributed by atoms with Gasteiger partial charge in [0.05, 0.1) is 12.2 Å². The molecule has 0 aromatic rings. The van der Waals surface area contributed by atoms with Crippen LogP contribution in [0.15, 0.2) is 23.8 Å². The third-order valence-electron chi connectivity index (χ3n) is 7.27. The van der Waals surface area contributed by atoms with Crippen molar-refractivity contribution in [2.24, 2.45) is 23.7 Å². The van der Waals surface area contributed by atoms with Crippen molar-refractivity contribution >= 4 is 0 Å². The molecule has 0 saturated heterocycles. The first-order valence-electron chi connectivity index (χ1n) is 12.8. The molecule has 0 radical (unpaired) electrons. The van der Waals surface area contributed by atoms with Gasteiger partial charge in [0, 0.05) is 12.3 Å². The standard InChI is InChI=1S/C28H47NO2/c1-5-8-12-22(4)27(30)15-14-25-26-20-23(19-24(26)21-28(25)31)13-10-9-11-18-29(16-6-2)17-7-3/h13-15,22,24-28,30-31H,6-7,9-12,16-21H2,1-4H3/b15-14+,23-13+/t22-,24-,25+,26-,27+,28+/m0/s1. The summed E-state index contributed by atoms with van der Waals surface area (Å²) in [5.74, 6) is 7.42. The first kappa shape index (κ1) is 26.2. The molecule has 2 aliphatic carbocycles. The molecule has 3 heteroatoms. The third kappa shape index (κ3) is 8.41. The number of unbranched alkanes of at least 4 members (excludes halogenated alkanes) is 2. The van der Waals surface area contributed by atoms with Crippen LogP contribution in [0.2, 0.25) is 0 Å². The number of fused-ring (bicyclic) bond motifs is 1. The van der Waals surface area contributed by atoms with E-state index < -0.39 is 6.10 Å². The minimum absolute atomic E-state index is 0.127. The first-order valence-corrected chi connectivity index (χ1v) is 12.8. The topological polar surface area (TPSA) is 43.7 Å². The monoisotopic (exact) mass is 429 g/mol.